The number of fused-ring (bicyclic) bond motifs is 1. The minimum absolute atomic E-state index is 0.0175. The molecule has 1 aliphatic rings. The van der Waals surface area contributed by atoms with Crippen LogP contribution in [0.5, 0.6) is 17.2 Å². The van der Waals surface area contributed by atoms with Gasteiger partial charge >= 0.3 is 0 Å². The summed E-state index contributed by atoms with van der Waals surface area (Å²) in [5, 5.41) is 0. The molecule has 1 aliphatic heterocycles. The first-order chi connectivity index (χ1) is 17.7. The van der Waals surface area contributed by atoms with Crippen LogP contribution in [0.1, 0.15) is 80.6 Å². The Hall–Kier alpha value is -2.58. The number of carbonyl (C=O) groups excluding carboxylic acids is 1. The summed E-state index contributed by atoms with van der Waals surface area (Å²) in [5.41, 5.74) is 1.61. The number of para-hydroxylation sites is 1. The molecule has 0 amide bonds. The van der Waals surface area contributed by atoms with Crippen LogP contribution in [0, 0.1) is 5.92 Å². The van der Waals surface area contributed by atoms with Gasteiger partial charge in [0.1, 0.15) is 5.75 Å². The van der Waals surface area contributed by atoms with E-state index in [0.29, 0.717) is 36.0 Å². The zero-order valence-electron chi connectivity index (χ0n) is 22.4. The lowest BCUT2D eigenvalue weighted by molar-refractivity contribution is 0.0969. The molecule has 0 spiro atoms. The molecule has 2 aromatic carbocycles. The van der Waals surface area contributed by atoms with E-state index in [1.165, 1.54) is 0 Å². The Bertz CT molecular complexity index is 1130. The van der Waals surface area contributed by atoms with Crippen molar-refractivity contribution < 1.29 is 31.6 Å². The molecule has 3 rings (SSSR count). The van der Waals surface area contributed by atoms with Gasteiger partial charge in [0.15, 0.2) is 17.3 Å². The van der Waals surface area contributed by atoms with E-state index in [-0.39, 0.29) is 24.4 Å². The second-order valence-electron chi connectivity index (χ2n) is 10.0. The molecule has 0 saturated carbocycles. The number of ketones is 1. The van der Waals surface area contributed by atoms with E-state index in [1.807, 2.05) is 38.1 Å². The third-order valence-corrected chi connectivity index (χ3v) is 7.23. The lowest BCUT2D eigenvalue weighted by Gasteiger charge is -2.20. The van der Waals surface area contributed by atoms with E-state index in [1.54, 1.807) is 25.3 Å². The van der Waals surface area contributed by atoms with Crippen LogP contribution >= 0.6 is 0 Å². The summed E-state index contributed by atoms with van der Waals surface area (Å²) in [6.45, 7) is 4.56. The van der Waals surface area contributed by atoms with E-state index in [0.717, 1.165) is 56.1 Å². The molecule has 0 N–H and O–H groups in total. The van der Waals surface area contributed by atoms with Gasteiger partial charge in [-0.2, -0.15) is 8.42 Å². The van der Waals surface area contributed by atoms with Gasteiger partial charge in [0.2, 0.25) is 0 Å². The fourth-order valence-electron chi connectivity index (χ4n) is 4.75. The molecule has 37 heavy (non-hydrogen) atoms. The lowest BCUT2D eigenvalue weighted by Crippen LogP contribution is -2.14. The fraction of sp³-hybridized carbons (Fsp3) is 0.552. The highest BCUT2D eigenvalue weighted by atomic mass is 32.2. The van der Waals surface area contributed by atoms with Crippen molar-refractivity contribution in [3.8, 4) is 17.2 Å². The minimum Gasteiger partial charge on any atom is -0.493 e. The van der Waals surface area contributed by atoms with Crippen molar-refractivity contribution in [1.29, 1.82) is 0 Å². The Balaban J connectivity index is 1.62. The summed E-state index contributed by atoms with van der Waals surface area (Å²) in [4.78, 5) is 13.0. The minimum atomic E-state index is -3.52. The molecule has 0 aliphatic carbocycles. The van der Waals surface area contributed by atoms with Crippen LogP contribution < -0.4 is 14.2 Å². The largest absolute Gasteiger partial charge is 0.493 e. The maximum absolute atomic E-state index is 13.0. The zero-order chi connectivity index (χ0) is 26.8. The highest BCUT2D eigenvalue weighted by Gasteiger charge is 2.21. The van der Waals surface area contributed by atoms with Crippen LogP contribution in [-0.4, -0.2) is 46.9 Å². The van der Waals surface area contributed by atoms with Crippen molar-refractivity contribution >= 4 is 15.9 Å². The summed E-state index contributed by atoms with van der Waals surface area (Å²) >= 11 is 0. The molecular formula is C29H40O7S. The highest BCUT2D eigenvalue weighted by molar-refractivity contribution is 7.85. The highest BCUT2D eigenvalue weighted by Crippen LogP contribution is 2.34. The molecule has 2 atom stereocenters. The average Bonchev–Trinajstić information content (AvgIpc) is 2.89. The average molecular weight is 533 g/mol. The molecule has 2 unspecified atom stereocenters. The quantitative estimate of drug-likeness (QED) is 0.267. The third-order valence-electron chi connectivity index (χ3n) is 6.67. The van der Waals surface area contributed by atoms with Crippen molar-refractivity contribution in [2.75, 3.05) is 26.6 Å². The van der Waals surface area contributed by atoms with Crippen LogP contribution in [0.4, 0.5) is 0 Å². The predicted octanol–water partition coefficient (Wildman–Crippen LogP) is 6.16. The van der Waals surface area contributed by atoms with Crippen LogP contribution in [-0.2, 0) is 14.3 Å². The number of Topliss-reactive ketones (excluding diaryl/α,β-unsaturated/α-hetero) is 1. The van der Waals surface area contributed by atoms with Crippen molar-refractivity contribution in [1.82, 2.24) is 0 Å². The van der Waals surface area contributed by atoms with Crippen LogP contribution in [0.3, 0.4) is 0 Å². The summed E-state index contributed by atoms with van der Waals surface area (Å²) < 4.78 is 45.7. The standard InChI is InChI=1S/C29H40O7S/c1-21(2)36-28-16-14-23(19-29(28)33-3)26(30)15-13-22-9-5-6-10-24(20-35-37(4,31)32)25-11-7-8-12-27(25)34-18-17-22/h7-8,11-12,14,16,19,21-22,24H,5-6,9-10,13,15,17-18,20H2,1-4H3. The number of methoxy groups -OCH3 is 1. The Morgan fingerprint density at radius 1 is 1.05 bits per heavy atom. The van der Waals surface area contributed by atoms with Crippen molar-refractivity contribution in [3.63, 3.8) is 0 Å². The van der Waals surface area contributed by atoms with E-state index < -0.39 is 10.1 Å². The predicted molar refractivity (Wildman–Crippen MR) is 144 cm³/mol. The summed E-state index contributed by atoms with van der Waals surface area (Å²) in [6.07, 6.45) is 6.97. The van der Waals surface area contributed by atoms with E-state index in [4.69, 9.17) is 18.4 Å². The molecular weight excluding hydrogens is 492 g/mol. The molecule has 8 heteroatoms. The molecule has 0 aromatic heterocycles. The van der Waals surface area contributed by atoms with Gasteiger partial charge in [-0.25, -0.2) is 0 Å². The molecule has 0 radical (unpaired) electrons. The topological polar surface area (TPSA) is 88.1 Å². The van der Waals surface area contributed by atoms with Crippen molar-refractivity contribution in [3.05, 3.63) is 53.6 Å². The van der Waals surface area contributed by atoms with Gasteiger partial charge in [0, 0.05) is 17.9 Å². The Kier molecular flexibility index (Phi) is 10.8. The second kappa shape index (κ2) is 13.8. The molecule has 204 valence electrons. The van der Waals surface area contributed by atoms with E-state index >= 15 is 0 Å². The third kappa shape index (κ3) is 9.34. The number of hydrogen-bond acceptors (Lipinski definition) is 7. The van der Waals surface area contributed by atoms with Gasteiger partial charge in [0.05, 0.1) is 32.7 Å². The maximum atomic E-state index is 13.0. The molecule has 0 saturated heterocycles. The normalized spacial score (nSPS) is 18.8. The van der Waals surface area contributed by atoms with Gasteiger partial charge in [-0.15, -0.1) is 0 Å². The SMILES string of the molecule is COc1cc(C(=O)CCC2CCCCC(COS(C)(=O)=O)c3ccccc3OCC2)ccc1OC(C)C. The Morgan fingerprint density at radius 3 is 2.54 bits per heavy atom. The number of carbonyl (C=O) groups is 1. The van der Waals surface area contributed by atoms with Crippen molar-refractivity contribution in [2.24, 2.45) is 5.92 Å². The number of benzene rings is 2. The summed E-state index contributed by atoms with van der Waals surface area (Å²) in [7, 11) is -1.94. The monoisotopic (exact) mass is 532 g/mol. The molecule has 0 fully saturated rings. The first-order valence-corrected chi connectivity index (χ1v) is 14.9. The first-order valence-electron chi connectivity index (χ1n) is 13.1. The fourth-order valence-corrected chi connectivity index (χ4v) is 5.16. The van der Waals surface area contributed by atoms with Gasteiger partial charge < -0.3 is 14.2 Å². The maximum Gasteiger partial charge on any atom is 0.264 e. The van der Waals surface area contributed by atoms with Crippen LogP contribution in [0.15, 0.2) is 42.5 Å². The smallest absolute Gasteiger partial charge is 0.264 e. The summed E-state index contributed by atoms with van der Waals surface area (Å²) in [5.74, 6) is 2.38. The number of hydrogen-bond donors (Lipinski definition) is 0. The molecule has 0 bridgehead atoms. The van der Waals surface area contributed by atoms with Gasteiger partial charge in [0.25, 0.3) is 10.1 Å². The lowest BCUT2D eigenvalue weighted by atomic mass is 9.89. The van der Waals surface area contributed by atoms with Gasteiger partial charge in [-0.05, 0) is 68.9 Å². The molecule has 2 aromatic rings. The second-order valence-corrected chi connectivity index (χ2v) is 11.6. The summed E-state index contributed by atoms with van der Waals surface area (Å²) in [6, 6.07) is 13.2. The van der Waals surface area contributed by atoms with Gasteiger partial charge in [-0.3, -0.25) is 8.98 Å². The number of ether oxygens (including phenoxy) is 3. The van der Waals surface area contributed by atoms with Crippen LogP contribution in [0.2, 0.25) is 0 Å². The Labute approximate surface area is 221 Å². The molecule has 1 heterocycles. The molecule has 7 nitrogen and oxygen atoms in total. The number of rotatable bonds is 10. The van der Waals surface area contributed by atoms with Crippen molar-refractivity contribution in [2.45, 2.75) is 70.8 Å². The Morgan fingerprint density at radius 2 is 1.81 bits per heavy atom. The van der Waals surface area contributed by atoms with Crippen LogP contribution in [0.25, 0.3) is 0 Å². The van der Waals surface area contributed by atoms with Gasteiger partial charge in [-0.1, -0.05) is 37.5 Å². The van der Waals surface area contributed by atoms with E-state index in [2.05, 4.69) is 0 Å². The zero-order valence-corrected chi connectivity index (χ0v) is 23.2. The van der Waals surface area contributed by atoms with E-state index in [9.17, 15) is 13.2 Å². The first kappa shape index (κ1) is 29.0.